The van der Waals surface area contributed by atoms with E-state index in [2.05, 4.69) is 0 Å². The standard InChI is InChI=1S/C11H19NO6/c1-2-3-4-5-8(11(17)18)12(6-9(13)14)7-10(15)16/h8H,2-7H2,1H3,(H,13,14)(H,15,16)(H,17,18). The van der Waals surface area contributed by atoms with E-state index in [0.717, 1.165) is 17.7 Å². The number of nitrogens with zero attached hydrogens (tertiary/aromatic N) is 1. The quantitative estimate of drug-likeness (QED) is 0.490. The molecule has 7 nitrogen and oxygen atoms in total. The van der Waals surface area contributed by atoms with Crippen molar-refractivity contribution >= 4 is 17.9 Å². The van der Waals surface area contributed by atoms with Crippen LogP contribution in [0.25, 0.3) is 0 Å². The van der Waals surface area contributed by atoms with Gasteiger partial charge in [-0.3, -0.25) is 19.3 Å². The first-order valence-electron chi connectivity index (χ1n) is 5.78. The van der Waals surface area contributed by atoms with E-state index in [-0.39, 0.29) is 6.42 Å². The highest BCUT2D eigenvalue weighted by Gasteiger charge is 2.28. The predicted octanol–water partition coefficient (Wildman–Crippen LogP) is 0.491. The minimum Gasteiger partial charge on any atom is -0.480 e. The molecule has 18 heavy (non-hydrogen) atoms. The molecule has 0 aromatic carbocycles. The predicted molar refractivity (Wildman–Crippen MR) is 62.4 cm³/mol. The highest BCUT2D eigenvalue weighted by Crippen LogP contribution is 2.10. The Morgan fingerprint density at radius 2 is 1.50 bits per heavy atom. The molecule has 7 heteroatoms. The minimum absolute atomic E-state index is 0.254. The van der Waals surface area contributed by atoms with Gasteiger partial charge in [-0.15, -0.1) is 0 Å². The van der Waals surface area contributed by atoms with Crippen LogP contribution >= 0.6 is 0 Å². The van der Waals surface area contributed by atoms with Crippen LogP contribution in [0, 0.1) is 0 Å². The van der Waals surface area contributed by atoms with Crippen LogP contribution in [0.3, 0.4) is 0 Å². The SMILES string of the molecule is CCCCCC(C(=O)O)N(CC(=O)O)CC(=O)O. The van der Waals surface area contributed by atoms with E-state index in [4.69, 9.17) is 15.3 Å². The van der Waals surface area contributed by atoms with Crippen LogP contribution in [0.4, 0.5) is 0 Å². The van der Waals surface area contributed by atoms with Crippen molar-refractivity contribution in [1.29, 1.82) is 0 Å². The van der Waals surface area contributed by atoms with E-state index in [0.29, 0.717) is 6.42 Å². The van der Waals surface area contributed by atoms with Crippen LogP contribution in [0.15, 0.2) is 0 Å². The second kappa shape index (κ2) is 8.46. The summed E-state index contributed by atoms with van der Waals surface area (Å²) in [6.07, 6.45) is 2.62. The van der Waals surface area contributed by atoms with Gasteiger partial charge < -0.3 is 15.3 Å². The van der Waals surface area contributed by atoms with Gasteiger partial charge in [-0.1, -0.05) is 26.2 Å². The van der Waals surface area contributed by atoms with Crippen molar-refractivity contribution in [3.63, 3.8) is 0 Å². The molecule has 104 valence electrons. The number of carboxylic acid groups (broad SMARTS) is 3. The average molecular weight is 261 g/mol. The highest BCUT2D eigenvalue weighted by molar-refractivity contribution is 5.78. The van der Waals surface area contributed by atoms with Crippen LogP contribution in [-0.2, 0) is 14.4 Å². The largest absolute Gasteiger partial charge is 0.480 e. The minimum atomic E-state index is -1.24. The lowest BCUT2D eigenvalue weighted by atomic mass is 10.1. The van der Waals surface area contributed by atoms with E-state index < -0.39 is 37.0 Å². The number of hydrogen-bond donors (Lipinski definition) is 3. The summed E-state index contributed by atoms with van der Waals surface area (Å²) >= 11 is 0. The summed E-state index contributed by atoms with van der Waals surface area (Å²) < 4.78 is 0. The van der Waals surface area contributed by atoms with Crippen molar-refractivity contribution in [2.75, 3.05) is 13.1 Å². The van der Waals surface area contributed by atoms with Gasteiger partial charge in [0.25, 0.3) is 0 Å². The maximum atomic E-state index is 11.1. The second-order valence-electron chi connectivity index (χ2n) is 4.04. The number of aliphatic carboxylic acids is 3. The third-order valence-electron chi connectivity index (χ3n) is 2.48. The summed E-state index contributed by atoms with van der Waals surface area (Å²) in [6.45, 7) is 0.785. The molecule has 0 bridgehead atoms. The Balaban J connectivity index is 4.67. The molecule has 0 heterocycles. The molecule has 0 saturated carbocycles. The number of carboxylic acids is 3. The molecule has 1 atom stereocenters. The summed E-state index contributed by atoms with van der Waals surface area (Å²) in [5, 5.41) is 26.4. The van der Waals surface area contributed by atoms with Gasteiger partial charge >= 0.3 is 17.9 Å². The van der Waals surface area contributed by atoms with Crippen molar-refractivity contribution in [3.8, 4) is 0 Å². The molecule has 0 aliphatic heterocycles. The Hall–Kier alpha value is -1.63. The van der Waals surface area contributed by atoms with Gasteiger partial charge in [0.1, 0.15) is 6.04 Å². The Kier molecular flexibility index (Phi) is 7.69. The first-order chi connectivity index (χ1) is 8.38. The normalized spacial score (nSPS) is 12.3. The number of carbonyl (C=O) groups is 3. The number of unbranched alkanes of at least 4 members (excludes halogenated alkanes) is 2. The number of rotatable bonds is 10. The van der Waals surface area contributed by atoms with Crippen LogP contribution in [0.1, 0.15) is 32.6 Å². The van der Waals surface area contributed by atoms with Gasteiger partial charge in [-0.2, -0.15) is 0 Å². The van der Waals surface area contributed by atoms with Crippen LogP contribution < -0.4 is 0 Å². The molecule has 0 rings (SSSR count). The van der Waals surface area contributed by atoms with Crippen LogP contribution in [0.5, 0.6) is 0 Å². The van der Waals surface area contributed by atoms with Crippen LogP contribution in [0.2, 0.25) is 0 Å². The van der Waals surface area contributed by atoms with Gasteiger partial charge in [0, 0.05) is 0 Å². The van der Waals surface area contributed by atoms with Crippen molar-refractivity contribution in [2.45, 2.75) is 38.6 Å². The third kappa shape index (κ3) is 6.85. The molecule has 0 aromatic rings. The Labute approximate surface area is 105 Å². The van der Waals surface area contributed by atoms with E-state index in [1.165, 1.54) is 0 Å². The van der Waals surface area contributed by atoms with Crippen molar-refractivity contribution in [2.24, 2.45) is 0 Å². The first-order valence-corrected chi connectivity index (χ1v) is 5.78. The Morgan fingerprint density at radius 1 is 1.00 bits per heavy atom. The smallest absolute Gasteiger partial charge is 0.320 e. The van der Waals surface area contributed by atoms with Crippen molar-refractivity contribution in [3.05, 3.63) is 0 Å². The lowest BCUT2D eigenvalue weighted by Crippen LogP contribution is -2.46. The molecule has 0 spiro atoms. The lowest BCUT2D eigenvalue weighted by molar-refractivity contribution is -0.149. The second-order valence-corrected chi connectivity index (χ2v) is 4.04. The van der Waals surface area contributed by atoms with Gasteiger partial charge in [-0.05, 0) is 6.42 Å². The number of hydrogen-bond acceptors (Lipinski definition) is 4. The van der Waals surface area contributed by atoms with Gasteiger partial charge in [0.15, 0.2) is 0 Å². The molecule has 0 radical (unpaired) electrons. The molecular weight excluding hydrogens is 242 g/mol. The molecule has 0 aliphatic rings. The topological polar surface area (TPSA) is 115 Å². The first kappa shape index (κ1) is 16.4. The van der Waals surface area contributed by atoms with E-state index in [9.17, 15) is 14.4 Å². The molecule has 0 fully saturated rings. The fourth-order valence-electron chi connectivity index (χ4n) is 1.67. The molecule has 1 unspecified atom stereocenters. The monoisotopic (exact) mass is 261 g/mol. The zero-order chi connectivity index (χ0) is 14.1. The lowest BCUT2D eigenvalue weighted by Gasteiger charge is -2.25. The Morgan fingerprint density at radius 3 is 1.83 bits per heavy atom. The fraction of sp³-hybridized carbons (Fsp3) is 0.727. The zero-order valence-electron chi connectivity index (χ0n) is 10.3. The molecule has 0 amide bonds. The average Bonchev–Trinajstić information content (AvgIpc) is 2.21. The highest BCUT2D eigenvalue weighted by atomic mass is 16.4. The van der Waals surface area contributed by atoms with Crippen molar-refractivity contribution < 1.29 is 29.7 Å². The van der Waals surface area contributed by atoms with Gasteiger partial charge in [-0.25, -0.2) is 0 Å². The fourth-order valence-corrected chi connectivity index (χ4v) is 1.67. The van der Waals surface area contributed by atoms with Crippen LogP contribution in [-0.4, -0.2) is 57.3 Å². The van der Waals surface area contributed by atoms with Gasteiger partial charge in [0.05, 0.1) is 13.1 Å². The molecular formula is C11H19NO6. The molecule has 0 saturated heterocycles. The van der Waals surface area contributed by atoms with Gasteiger partial charge in [0.2, 0.25) is 0 Å². The Bertz CT molecular complexity index is 288. The maximum absolute atomic E-state index is 11.1. The third-order valence-corrected chi connectivity index (χ3v) is 2.48. The summed E-state index contributed by atoms with van der Waals surface area (Å²) in [5.74, 6) is -3.66. The van der Waals surface area contributed by atoms with E-state index in [1.54, 1.807) is 0 Å². The molecule has 3 N–H and O–H groups in total. The summed E-state index contributed by atoms with van der Waals surface area (Å²) in [7, 11) is 0. The zero-order valence-corrected chi connectivity index (χ0v) is 10.3. The molecule has 0 aromatic heterocycles. The maximum Gasteiger partial charge on any atom is 0.320 e. The van der Waals surface area contributed by atoms with Crippen molar-refractivity contribution in [1.82, 2.24) is 4.90 Å². The van der Waals surface area contributed by atoms with E-state index >= 15 is 0 Å². The summed E-state index contributed by atoms with van der Waals surface area (Å²) in [6, 6.07) is -1.07. The summed E-state index contributed by atoms with van der Waals surface area (Å²) in [5.41, 5.74) is 0. The summed E-state index contributed by atoms with van der Waals surface area (Å²) in [4.78, 5) is 33.3. The molecule has 0 aliphatic carbocycles. The van der Waals surface area contributed by atoms with E-state index in [1.807, 2.05) is 6.92 Å².